The normalized spacial score (nSPS) is 24.9. The summed E-state index contributed by atoms with van der Waals surface area (Å²) in [5.74, 6) is -0.958. The minimum atomic E-state index is -1.57. The van der Waals surface area contributed by atoms with E-state index in [4.69, 9.17) is 4.74 Å². The molecular weight excluding hydrogens is 476 g/mol. The molecule has 0 bridgehead atoms. The van der Waals surface area contributed by atoms with Gasteiger partial charge in [0, 0.05) is 50.9 Å². The zero-order chi connectivity index (χ0) is 26.8. The molecule has 1 aliphatic heterocycles. The Morgan fingerprint density at radius 2 is 1.97 bits per heavy atom. The summed E-state index contributed by atoms with van der Waals surface area (Å²) in [7, 11) is 3.52. The molecule has 6 nitrogen and oxygen atoms in total. The number of hydrogen-bond acceptors (Lipinski definition) is 4. The van der Waals surface area contributed by atoms with Gasteiger partial charge in [0.05, 0.1) is 5.60 Å². The number of carbonyl (C=O) groups is 1. The van der Waals surface area contributed by atoms with E-state index in [0.717, 1.165) is 18.4 Å². The SMILES string of the molecule is CNCC(CC1CCC(C)CC1)NC(=O)N1CCC[C@@H]([C@@](O)(CCCCOC)c2cccc(F)c2F)C1. The van der Waals surface area contributed by atoms with Crippen molar-refractivity contribution in [3.05, 3.63) is 35.4 Å². The first-order valence-corrected chi connectivity index (χ1v) is 14.1. The zero-order valence-corrected chi connectivity index (χ0v) is 22.9. The summed E-state index contributed by atoms with van der Waals surface area (Å²) in [4.78, 5) is 15.1. The van der Waals surface area contributed by atoms with Crippen LogP contribution in [0.1, 0.15) is 76.7 Å². The summed E-state index contributed by atoms with van der Waals surface area (Å²) in [6.45, 7) is 4.43. The molecule has 3 rings (SSSR count). The molecule has 1 unspecified atom stereocenters. The van der Waals surface area contributed by atoms with E-state index in [2.05, 4.69) is 17.6 Å². The lowest BCUT2D eigenvalue weighted by molar-refractivity contribution is -0.0591. The van der Waals surface area contributed by atoms with Crippen LogP contribution in [0.25, 0.3) is 0 Å². The standard InChI is InChI=1S/C29H47F2N3O3/c1-21-11-13-22(14-12-21)18-24(19-32-2)33-28(35)34-16-7-8-23(20-34)29(36,15-4-5-17-37-3)25-9-6-10-26(30)27(25)31/h6,9-10,21-24,32,36H,4-5,7-8,11-20H2,1-3H3,(H,33,35)/t21?,22?,23-,24?,29+/m1/s1. The molecule has 2 amide bonds. The number of halogens is 2. The fourth-order valence-electron chi connectivity index (χ4n) is 6.26. The van der Waals surface area contributed by atoms with E-state index in [9.17, 15) is 18.7 Å². The number of nitrogens with one attached hydrogen (secondary N) is 2. The third kappa shape index (κ3) is 8.11. The monoisotopic (exact) mass is 523 g/mol. The number of urea groups is 1. The maximum atomic E-state index is 14.9. The minimum Gasteiger partial charge on any atom is -0.385 e. The summed E-state index contributed by atoms with van der Waals surface area (Å²) >= 11 is 0. The lowest BCUT2D eigenvalue weighted by Gasteiger charge is -2.43. The largest absolute Gasteiger partial charge is 0.385 e. The molecule has 37 heavy (non-hydrogen) atoms. The van der Waals surface area contributed by atoms with Crippen molar-refractivity contribution in [1.82, 2.24) is 15.5 Å². The summed E-state index contributed by atoms with van der Waals surface area (Å²) < 4.78 is 34.2. The highest BCUT2D eigenvalue weighted by molar-refractivity contribution is 5.74. The Kier molecular flexibility index (Phi) is 11.6. The Morgan fingerprint density at radius 1 is 1.22 bits per heavy atom. The van der Waals surface area contributed by atoms with Crippen LogP contribution >= 0.6 is 0 Å². The molecule has 1 aliphatic carbocycles. The molecular formula is C29H47F2N3O3. The number of unbranched alkanes of at least 4 members (excludes halogenated alkanes) is 1. The number of aliphatic hydroxyl groups is 1. The lowest BCUT2D eigenvalue weighted by atomic mass is 9.74. The van der Waals surface area contributed by atoms with E-state index in [-0.39, 0.29) is 24.1 Å². The van der Waals surface area contributed by atoms with Crippen LogP contribution < -0.4 is 10.6 Å². The molecule has 0 radical (unpaired) electrons. The number of likely N-dealkylation sites (N-methyl/N-ethyl adjacent to an activating group) is 1. The summed E-state index contributed by atoms with van der Waals surface area (Å²) in [6.07, 6.45) is 8.79. The Balaban J connectivity index is 1.70. The van der Waals surface area contributed by atoms with Gasteiger partial charge in [0.25, 0.3) is 0 Å². The van der Waals surface area contributed by atoms with Crippen molar-refractivity contribution in [1.29, 1.82) is 0 Å². The molecule has 2 aliphatic rings. The number of methoxy groups -OCH3 is 1. The van der Waals surface area contributed by atoms with Crippen LogP contribution in [-0.4, -0.2) is 62.5 Å². The van der Waals surface area contributed by atoms with Gasteiger partial charge in [-0.25, -0.2) is 13.6 Å². The van der Waals surface area contributed by atoms with Crippen LogP contribution in [0.4, 0.5) is 13.6 Å². The molecule has 1 aromatic carbocycles. The number of hydrogen-bond donors (Lipinski definition) is 3. The summed E-state index contributed by atoms with van der Waals surface area (Å²) in [5.41, 5.74) is -1.58. The molecule has 1 saturated carbocycles. The Morgan fingerprint density at radius 3 is 2.68 bits per heavy atom. The van der Waals surface area contributed by atoms with Crippen LogP contribution in [0.15, 0.2) is 18.2 Å². The van der Waals surface area contributed by atoms with E-state index in [1.807, 2.05) is 7.05 Å². The zero-order valence-electron chi connectivity index (χ0n) is 22.9. The van der Waals surface area contributed by atoms with E-state index < -0.39 is 23.2 Å². The number of amides is 2. The molecule has 3 atom stereocenters. The molecule has 1 heterocycles. The summed E-state index contributed by atoms with van der Waals surface area (Å²) in [6, 6.07) is 3.87. The van der Waals surface area contributed by atoms with Crippen LogP contribution in [0.3, 0.4) is 0 Å². The molecule has 3 N–H and O–H groups in total. The Labute approximate surface area is 221 Å². The number of rotatable bonds is 12. The first-order valence-electron chi connectivity index (χ1n) is 14.1. The average Bonchev–Trinajstić information content (AvgIpc) is 2.89. The van der Waals surface area contributed by atoms with Gasteiger partial charge < -0.3 is 25.4 Å². The second-order valence-corrected chi connectivity index (χ2v) is 11.3. The van der Waals surface area contributed by atoms with Crippen LogP contribution in [-0.2, 0) is 10.3 Å². The van der Waals surface area contributed by atoms with Crippen molar-refractivity contribution in [3.8, 4) is 0 Å². The smallest absolute Gasteiger partial charge is 0.317 e. The number of piperidine rings is 1. The van der Waals surface area contributed by atoms with Gasteiger partial charge in [-0.05, 0) is 63.5 Å². The van der Waals surface area contributed by atoms with Gasteiger partial charge in [-0.2, -0.15) is 0 Å². The predicted octanol–water partition coefficient (Wildman–Crippen LogP) is 5.20. The number of nitrogens with zero attached hydrogens (tertiary/aromatic N) is 1. The van der Waals surface area contributed by atoms with Crippen LogP contribution in [0.5, 0.6) is 0 Å². The quantitative estimate of drug-likeness (QED) is 0.330. The van der Waals surface area contributed by atoms with Gasteiger partial charge >= 0.3 is 6.03 Å². The van der Waals surface area contributed by atoms with Gasteiger partial charge in [-0.3, -0.25) is 0 Å². The number of ether oxygens (including phenoxy) is 1. The molecule has 0 spiro atoms. The van der Waals surface area contributed by atoms with E-state index in [0.29, 0.717) is 57.8 Å². The van der Waals surface area contributed by atoms with Crippen LogP contribution in [0.2, 0.25) is 0 Å². The van der Waals surface area contributed by atoms with Gasteiger partial charge in [0.2, 0.25) is 0 Å². The highest BCUT2D eigenvalue weighted by Gasteiger charge is 2.43. The van der Waals surface area contributed by atoms with Crippen LogP contribution in [0, 0.1) is 29.4 Å². The lowest BCUT2D eigenvalue weighted by Crippen LogP contribution is -2.54. The first kappa shape index (κ1) is 29.8. The highest BCUT2D eigenvalue weighted by atomic mass is 19.2. The molecule has 210 valence electrons. The topological polar surface area (TPSA) is 73.8 Å². The molecule has 1 saturated heterocycles. The summed E-state index contributed by atoms with van der Waals surface area (Å²) in [5, 5.41) is 18.3. The van der Waals surface area contributed by atoms with E-state index in [1.54, 1.807) is 12.0 Å². The second kappa shape index (κ2) is 14.4. The molecule has 1 aromatic rings. The van der Waals surface area contributed by atoms with Gasteiger partial charge in [-0.15, -0.1) is 0 Å². The van der Waals surface area contributed by atoms with Gasteiger partial charge in [0.15, 0.2) is 11.6 Å². The van der Waals surface area contributed by atoms with Gasteiger partial charge in [0.1, 0.15) is 0 Å². The maximum Gasteiger partial charge on any atom is 0.317 e. The van der Waals surface area contributed by atoms with E-state index in [1.165, 1.54) is 37.8 Å². The van der Waals surface area contributed by atoms with Crippen molar-refractivity contribution >= 4 is 6.03 Å². The first-order chi connectivity index (χ1) is 17.8. The molecule has 2 fully saturated rings. The number of benzene rings is 1. The number of likely N-dealkylation sites (tertiary alicyclic amines) is 1. The third-order valence-electron chi connectivity index (χ3n) is 8.49. The second-order valence-electron chi connectivity index (χ2n) is 11.3. The number of carbonyl (C=O) groups excluding carboxylic acids is 1. The maximum absolute atomic E-state index is 14.9. The predicted molar refractivity (Wildman–Crippen MR) is 142 cm³/mol. The highest BCUT2D eigenvalue weighted by Crippen LogP contribution is 2.41. The fraction of sp³-hybridized carbons (Fsp3) is 0.759. The Bertz CT molecular complexity index is 850. The van der Waals surface area contributed by atoms with E-state index >= 15 is 0 Å². The fourth-order valence-corrected chi connectivity index (χ4v) is 6.26. The Hall–Kier alpha value is -1.77. The third-order valence-corrected chi connectivity index (χ3v) is 8.49. The average molecular weight is 524 g/mol. The van der Waals surface area contributed by atoms with Crippen molar-refractivity contribution < 1.29 is 23.4 Å². The van der Waals surface area contributed by atoms with Crippen molar-refractivity contribution in [2.75, 3.05) is 40.4 Å². The molecule has 8 heteroatoms. The van der Waals surface area contributed by atoms with Crippen molar-refractivity contribution in [2.45, 2.75) is 82.8 Å². The van der Waals surface area contributed by atoms with Crippen molar-refractivity contribution in [3.63, 3.8) is 0 Å². The molecule has 0 aromatic heterocycles. The van der Waals surface area contributed by atoms with Gasteiger partial charge in [-0.1, -0.05) is 44.7 Å². The van der Waals surface area contributed by atoms with Crippen molar-refractivity contribution in [2.24, 2.45) is 17.8 Å². The minimum absolute atomic E-state index is 0.0169.